The van der Waals surface area contributed by atoms with Crippen LogP contribution in [0.25, 0.3) is 0 Å². The molecule has 0 unspecified atom stereocenters. The van der Waals surface area contributed by atoms with Crippen LogP contribution in [0.1, 0.15) is 34.6 Å². The minimum Gasteiger partial charge on any atom is -0.369 e. The summed E-state index contributed by atoms with van der Waals surface area (Å²) in [6.45, 7) is 10.3. The molecule has 0 radical (unpaired) electrons. The topological polar surface area (TPSA) is 53.3 Å². The Morgan fingerprint density at radius 2 is 2.12 bits per heavy atom. The molecule has 1 aliphatic heterocycles. The van der Waals surface area contributed by atoms with E-state index >= 15 is 0 Å². The van der Waals surface area contributed by atoms with Gasteiger partial charge in [-0.3, -0.25) is 4.79 Å². The Hall–Kier alpha value is -1.08. The van der Waals surface area contributed by atoms with E-state index in [1.54, 1.807) is 18.7 Å². The molecule has 1 atom stereocenters. The molecule has 1 amide bonds. The summed E-state index contributed by atoms with van der Waals surface area (Å²) >= 11 is 0. The van der Waals surface area contributed by atoms with Crippen LogP contribution in [0.5, 0.6) is 0 Å². The van der Waals surface area contributed by atoms with Gasteiger partial charge in [0, 0.05) is 13.1 Å². The zero-order valence-electron chi connectivity index (χ0n) is 10.7. The predicted octanol–water partition coefficient (Wildman–Crippen LogP) is 1.56. The Bertz CT molecular complexity index is 328. The van der Waals surface area contributed by atoms with Gasteiger partial charge in [-0.05, 0) is 34.6 Å². The van der Waals surface area contributed by atoms with E-state index in [-0.39, 0.29) is 17.6 Å². The van der Waals surface area contributed by atoms with E-state index in [0.29, 0.717) is 13.1 Å². The lowest BCUT2D eigenvalue weighted by molar-refractivity contribution is -0.163. The Kier molecular flexibility index (Phi) is 3.30. The lowest BCUT2D eigenvalue weighted by atomic mass is 9.92. The molecule has 0 aromatic carbocycles. The molecule has 0 N–H and O–H groups in total. The van der Waals surface area contributed by atoms with Gasteiger partial charge >= 0.3 is 0 Å². The summed E-state index contributed by atoms with van der Waals surface area (Å²) in [6.07, 6.45) is 0.0159. The molecule has 1 heterocycles. The first-order valence-electron chi connectivity index (χ1n) is 5.56. The van der Waals surface area contributed by atoms with Crippen LogP contribution in [0.3, 0.4) is 0 Å². The van der Waals surface area contributed by atoms with Crippen molar-refractivity contribution in [3.05, 3.63) is 0 Å². The van der Waals surface area contributed by atoms with Crippen molar-refractivity contribution in [2.24, 2.45) is 5.41 Å². The fourth-order valence-corrected chi connectivity index (χ4v) is 2.05. The molecule has 1 fully saturated rings. The van der Waals surface area contributed by atoms with Gasteiger partial charge in [-0.1, -0.05) is 0 Å². The van der Waals surface area contributed by atoms with Gasteiger partial charge in [-0.15, -0.1) is 0 Å². The fraction of sp³-hybridized carbons (Fsp3) is 0.833. The van der Waals surface area contributed by atoms with Crippen LogP contribution in [-0.4, -0.2) is 35.6 Å². The Morgan fingerprint density at radius 1 is 1.56 bits per heavy atom. The number of ether oxygens (including phenoxy) is 1. The molecule has 0 bridgehead atoms. The molecular weight excluding hydrogens is 204 g/mol. The van der Waals surface area contributed by atoms with Gasteiger partial charge in [0.05, 0.1) is 17.8 Å². The highest BCUT2D eigenvalue weighted by Crippen LogP contribution is 2.25. The highest BCUT2D eigenvalue weighted by atomic mass is 16.5. The van der Waals surface area contributed by atoms with E-state index < -0.39 is 5.41 Å². The molecule has 1 aliphatic rings. The summed E-state index contributed by atoms with van der Waals surface area (Å²) in [5.74, 6) is -0.113. The Balaban J connectivity index is 2.82. The molecule has 0 aromatic rings. The summed E-state index contributed by atoms with van der Waals surface area (Å²) in [5, 5.41) is 8.96. The number of nitrogens with zero attached hydrogens (tertiary/aromatic N) is 2. The van der Waals surface area contributed by atoms with Crippen LogP contribution in [0.15, 0.2) is 0 Å². The molecule has 0 aromatic heterocycles. The maximum atomic E-state index is 12.1. The highest BCUT2D eigenvalue weighted by molar-refractivity contribution is 5.84. The Labute approximate surface area is 97.2 Å². The van der Waals surface area contributed by atoms with Crippen molar-refractivity contribution in [3.8, 4) is 6.07 Å². The number of carbonyl (C=O) groups excluding carboxylic acids is 1. The van der Waals surface area contributed by atoms with Crippen LogP contribution in [0.2, 0.25) is 0 Å². The molecule has 4 nitrogen and oxygen atoms in total. The predicted molar refractivity (Wildman–Crippen MR) is 60.6 cm³/mol. The summed E-state index contributed by atoms with van der Waals surface area (Å²) in [4.78, 5) is 13.9. The smallest absolute Gasteiger partial charge is 0.242 e. The lowest BCUT2D eigenvalue weighted by Gasteiger charge is -2.43. The first-order valence-corrected chi connectivity index (χ1v) is 5.56. The van der Waals surface area contributed by atoms with Gasteiger partial charge in [0.25, 0.3) is 0 Å². The number of carbonyl (C=O) groups is 1. The number of morpholine rings is 1. The van der Waals surface area contributed by atoms with E-state index in [4.69, 9.17) is 10.00 Å². The molecular formula is C12H20N2O2. The zero-order valence-corrected chi connectivity index (χ0v) is 10.7. The second kappa shape index (κ2) is 4.06. The molecule has 1 saturated heterocycles. The monoisotopic (exact) mass is 224 g/mol. The van der Waals surface area contributed by atoms with E-state index in [0.717, 1.165) is 0 Å². The third-order valence-corrected chi connectivity index (χ3v) is 2.67. The molecule has 0 saturated carbocycles. The highest BCUT2D eigenvalue weighted by Gasteiger charge is 2.39. The minimum absolute atomic E-state index is 0.0159. The molecule has 90 valence electrons. The maximum absolute atomic E-state index is 12.1. The van der Waals surface area contributed by atoms with Crippen molar-refractivity contribution >= 4 is 5.91 Å². The second-order valence-corrected chi connectivity index (χ2v) is 5.61. The summed E-state index contributed by atoms with van der Waals surface area (Å²) in [7, 11) is 0. The average Bonchev–Trinajstić information content (AvgIpc) is 2.13. The SMILES string of the molecule is C[C@@H]1CN(C(=O)C(C)(C)C#N)CC(C)(C)O1. The second-order valence-electron chi connectivity index (χ2n) is 5.61. The van der Waals surface area contributed by atoms with Gasteiger partial charge < -0.3 is 9.64 Å². The molecule has 4 heteroatoms. The molecule has 0 spiro atoms. The number of nitriles is 1. The molecule has 16 heavy (non-hydrogen) atoms. The van der Waals surface area contributed by atoms with Crippen LogP contribution >= 0.6 is 0 Å². The minimum atomic E-state index is -0.951. The van der Waals surface area contributed by atoms with E-state index in [2.05, 4.69) is 0 Å². The fourth-order valence-electron chi connectivity index (χ4n) is 2.05. The first-order chi connectivity index (χ1) is 7.18. The number of rotatable bonds is 1. The van der Waals surface area contributed by atoms with Crippen LogP contribution in [0.4, 0.5) is 0 Å². The van der Waals surface area contributed by atoms with Crippen molar-refractivity contribution in [1.82, 2.24) is 4.90 Å². The largest absolute Gasteiger partial charge is 0.369 e. The van der Waals surface area contributed by atoms with Gasteiger partial charge in [0.15, 0.2) is 0 Å². The maximum Gasteiger partial charge on any atom is 0.242 e. The number of hydrogen-bond donors (Lipinski definition) is 0. The van der Waals surface area contributed by atoms with Crippen molar-refractivity contribution in [2.75, 3.05) is 13.1 Å². The van der Waals surface area contributed by atoms with Crippen molar-refractivity contribution in [3.63, 3.8) is 0 Å². The lowest BCUT2D eigenvalue weighted by Crippen LogP contribution is -2.56. The van der Waals surface area contributed by atoms with Crippen molar-refractivity contribution in [2.45, 2.75) is 46.3 Å². The van der Waals surface area contributed by atoms with E-state index in [9.17, 15) is 4.79 Å². The normalized spacial score (nSPS) is 25.0. The summed E-state index contributed by atoms with van der Waals surface area (Å²) in [5.41, 5.74) is -1.29. The molecule has 0 aliphatic carbocycles. The van der Waals surface area contributed by atoms with Gasteiger partial charge in [-0.25, -0.2) is 0 Å². The standard InChI is InChI=1S/C12H20N2O2/c1-9-6-14(8-12(4,5)16-9)10(15)11(2,3)7-13/h9H,6,8H2,1-5H3/t9-/m1/s1. The quantitative estimate of drug-likeness (QED) is 0.679. The first kappa shape index (κ1) is 13.0. The van der Waals surface area contributed by atoms with Gasteiger partial charge in [-0.2, -0.15) is 5.26 Å². The van der Waals surface area contributed by atoms with E-state index in [1.165, 1.54) is 0 Å². The van der Waals surface area contributed by atoms with Crippen LogP contribution in [-0.2, 0) is 9.53 Å². The summed E-state index contributed by atoms with van der Waals surface area (Å²) in [6, 6.07) is 2.05. The average molecular weight is 224 g/mol. The number of amides is 1. The summed E-state index contributed by atoms with van der Waals surface area (Å²) < 4.78 is 5.72. The third kappa shape index (κ3) is 2.73. The number of hydrogen-bond acceptors (Lipinski definition) is 3. The van der Waals surface area contributed by atoms with Gasteiger partial charge in [0.2, 0.25) is 5.91 Å². The van der Waals surface area contributed by atoms with Crippen LogP contribution in [0, 0.1) is 16.7 Å². The third-order valence-electron chi connectivity index (χ3n) is 2.67. The molecule has 1 rings (SSSR count). The van der Waals surface area contributed by atoms with Crippen molar-refractivity contribution in [1.29, 1.82) is 5.26 Å². The zero-order chi connectivity index (χ0) is 12.6. The Morgan fingerprint density at radius 3 is 2.56 bits per heavy atom. The van der Waals surface area contributed by atoms with E-state index in [1.807, 2.05) is 26.8 Å². The van der Waals surface area contributed by atoms with Crippen molar-refractivity contribution < 1.29 is 9.53 Å². The van der Waals surface area contributed by atoms with Gasteiger partial charge in [0.1, 0.15) is 5.41 Å². The van der Waals surface area contributed by atoms with Crippen LogP contribution < -0.4 is 0 Å².